The SMILES string of the molecule is CC(C)Cc1cc(C(=O)N(C)CCO)cc(=O)[nH]1. The van der Waals surface area contributed by atoms with E-state index in [1.54, 1.807) is 13.1 Å². The lowest BCUT2D eigenvalue weighted by Gasteiger charge is -2.16. The second kappa shape index (κ2) is 6.35. The van der Waals surface area contributed by atoms with Gasteiger partial charge in [0.25, 0.3) is 5.91 Å². The number of pyridine rings is 1. The summed E-state index contributed by atoms with van der Waals surface area (Å²) in [6.45, 7) is 4.25. The van der Waals surface area contributed by atoms with E-state index in [9.17, 15) is 9.59 Å². The number of aromatic nitrogens is 1. The Labute approximate surface area is 106 Å². The summed E-state index contributed by atoms with van der Waals surface area (Å²) in [5.41, 5.74) is 0.859. The molecule has 1 heterocycles. The molecule has 100 valence electrons. The molecule has 0 spiro atoms. The number of hydrogen-bond acceptors (Lipinski definition) is 3. The van der Waals surface area contributed by atoms with Crippen LogP contribution in [0.2, 0.25) is 0 Å². The predicted molar refractivity (Wildman–Crippen MR) is 69.7 cm³/mol. The Hall–Kier alpha value is -1.62. The molecule has 0 atom stereocenters. The van der Waals surface area contributed by atoms with Crippen LogP contribution in [0, 0.1) is 5.92 Å². The Morgan fingerprint density at radius 3 is 2.67 bits per heavy atom. The third-order valence-corrected chi connectivity index (χ3v) is 2.56. The van der Waals surface area contributed by atoms with Crippen LogP contribution in [0.15, 0.2) is 16.9 Å². The van der Waals surface area contributed by atoms with Crippen molar-refractivity contribution in [2.75, 3.05) is 20.2 Å². The minimum absolute atomic E-state index is 0.0930. The van der Waals surface area contributed by atoms with E-state index >= 15 is 0 Å². The number of H-pyrrole nitrogens is 1. The number of hydrogen-bond donors (Lipinski definition) is 2. The third kappa shape index (κ3) is 4.00. The van der Waals surface area contributed by atoms with Gasteiger partial charge in [-0.1, -0.05) is 13.8 Å². The molecule has 2 N–H and O–H groups in total. The van der Waals surface area contributed by atoms with Crippen molar-refractivity contribution >= 4 is 5.91 Å². The molecule has 1 amide bonds. The van der Waals surface area contributed by atoms with Crippen LogP contribution in [0.5, 0.6) is 0 Å². The van der Waals surface area contributed by atoms with E-state index < -0.39 is 0 Å². The lowest BCUT2D eigenvalue weighted by atomic mass is 10.1. The van der Waals surface area contributed by atoms with Crippen molar-refractivity contribution in [3.05, 3.63) is 33.7 Å². The minimum Gasteiger partial charge on any atom is -0.395 e. The van der Waals surface area contributed by atoms with Crippen LogP contribution in [0.25, 0.3) is 0 Å². The van der Waals surface area contributed by atoms with Crippen molar-refractivity contribution in [3.8, 4) is 0 Å². The highest BCUT2D eigenvalue weighted by Gasteiger charge is 2.13. The van der Waals surface area contributed by atoms with Gasteiger partial charge < -0.3 is 15.0 Å². The van der Waals surface area contributed by atoms with Crippen LogP contribution in [-0.2, 0) is 6.42 Å². The van der Waals surface area contributed by atoms with E-state index in [0.717, 1.165) is 12.1 Å². The van der Waals surface area contributed by atoms with Crippen LogP contribution in [0.4, 0.5) is 0 Å². The van der Waals surface area contributed by atoms with E-state index in [4.69, 9.17) is 5.11 Å². The Kier molecular flexibility index (Phi) is 5.09. The summed E-state index contributed by atoms with van der Waals surface area (Å²) in [5.74, 6) is 0.154. The zero-order chi connectivity index (χ0) is 13.7. The number of nitrogens with one attached hydrogen (secondary N) is 1. The van der Waals surface area contributed by atoms with Gasteiger partial charge in [-0.3, -0.25) is 9.59 Å². The Morgan fingerprint density at radius 2 is 2.11 bits per heavy atom. The number of amides is 1. The van der Waals surface area contributed by atoms with E-state index in [0.29, 0.717) is 11.5 Å². The van der Waals surface area contributed by atoms with Crippen LogP contribution in [-0.4, -0.2) is 41.1 Å². The number of aliphatic hydroxyl groups excluding tert-OH is 1. The molecule has 0 aliphatic rings. The lowest BCUT2D eigenvalue weighted by molar-refractivity contribution is 0.0766. The topological polar surface area (TPSA) is 73.4 Å². The van der Waals surface area contributed by atoms with Gasteiger partial charge in [-0.05, 0) is 18.4 Å². The smallest absolute Gasteiger partial charge is 0.253 e. The van der Waals surface area contributed by atoms with Gasteiger partial charge in [-0.2, -0.15) is 0 Å². The maximum absolute atomic E-state index is 12.0. The number of likely N-dealkylation sites (N-methyl/N-ethyl adjacent to an activating group) is 1. The molecule has 1 rings (SSSR count). The van der Waals surface area contributed by atoms with E-state index in [-0.39, 0.29) is 24.6 Å². The average Bonchev–Trinajstić information content (AvgIpc) is 2.26. The normalized spacial score (nSPS) is 10.7. The van der Waals surface area contributed by atoms with Crippen LogP contribution >= 0.6 is 0 Å². The number of aliphatic hydroxyl groups is 1. The second-order valence-corrected chi connectivity index (χ2v) is 4.81. The van der Waals surface area contributed by atoms with Crippen LogP contribution < -0.4 is 5.56 Å². The molecular formula is C13H20N2O3. The van der Waals surface area contributed by atoms with Crippen molar-refractivity contribution in [1.82, 2.24) is 9.88 Å². The molecule has 0 fully saturated rings. The zero-order valence-corrected chi connectivity index (χ0v) is 11.1. The molecule has 5 nitrogen and oxygen atoms in total. The standard InChI is InChI=1S/C13H20N2O3/c1-9(2)6-11-7-10(8-12(17)14-11)13(18)15(3)4-5-16/h7-9,16H,4-6H2,1-3H3,(H,14,17). The summed E-state index contributed by atoms with van der Waals surface area (Å²) in [6, 6.07) is 3.00. The Balaban J connectivity index is 2.98. The molecule has 0 aromatic carbocycles. The number of nitrogens with zero attached hydrogens (tertiary/aromatic N) is 1. The van der Waals surface area contributed by atoms with Gasteiger partial charge in [0.15, 0.2) is 0 Å². The van der Waals surface area contributed by atoms with Crippen LogP contribution in [0.3, 0.4) is 0 Å². The molecule has 1 aromatic heterocycles. The van der Waals surface area contributed by atoms with E-state index in [2.05, 4.69) is 4.98 Å². The molecular weight excluding hydrogens is 232 g/mol. The first-order valence-electron chi connectivity index (χ1n) is 6.03. The van der Waals surface area contributed by atoms with Crippen molar-refractivity contribution in [1.29, 1.82) is 0 Å². The van der Waals surface area contributed by atoms with E-state index in [1.807, 2.05) is 13.8 Å². The summed E-state index contributed by atoms with van der Waals surface area (Å²) in [6.07, 6.45) is 0.722. The van der Waals surface area contributed by atoms with Crippen molar-refractivity contribution in [2.24, 2.45) is 5.92 Å². The molecule has 0 saturated heterocycles. The van der Waals surface area contributed by atoms with Gasteiger partial charge in [-0.15, -0.1) is 0 Å². The molecule has 0 bridgehead atoms. The highest BCUT2D eigenvalue weighted by Crippen LogP contribution is 2.07. The van der Waals surface area contributed by atoms with Crippen molar-refractivity contribution in [2.45, 2.75) is 20.3 Å². The minimum atomic E-state index is -0.270. The van der Waals surface area contributed by atoms with Gasteiger partial charge >= 0.3 is 0 Å². The van der Waals surface area contributed by atoms with Gasteiger partial charge in [0.2, 0.25) is 5.56 Å². The summed E-state index contributed by atoms with van der Waals surface area (Å²) in [4.78, 5) is 27.6. The zero-order valence-electron chi connectivity index (χ0n) is 11.1. The maximum atomic E-state index is 12.0. The summed E-state index contributed by atoms with van der Waals surface area (Å²) < 4.78 is 0. The molecule has 18 heavy (non-hydrogen) atoms. The quantitative estimate of drug-likeness (QED) is 0.807. The molecule has 0 radical (unpaired) electrons. The summed E-state index contributed by atoms with van der Waals surface area (Å²) in [5, 5.41) is 8.80. The maximum Gasteiger partial charge on any atom is 0.253 e. The number of rotatable bonds is 5. The molecule has 0 unspecified atom stereocenters. The number of carbonyl (C=O) groups excluding carboxylic acids is 1. The fraction of sp³-hybridized carbons (Fsp3) is 0.538. The summed E-state index contributed by atoms with van der Waals surface area (Å²) >= 11 is 0. The first kappa shape index (κ1) is 14.4. The lowest BCUT2D eigenvalue weighted by Crippen LogP contribution is -2.30. The van der Waals surface area contributed by atoms with Gasteiger partial charge in [0.05, 0.1) is 6.61 Å². The Morgan fingerprint density at radius 1 is 1.44 bits per heavy atom. The molecule has 5 heteroatoms. The third-order valence-electron chi connectivity index (χ3n) is 2.56. The number of carbonyl (C=O) groups is 1. The molecule has 0 aliphatic heterocycles. The number of aromatic amines is 1. The first-order chi connectivity index (χ1) is 8.43. The fourth-order valence-electron chi connectivity index (χ4n) is 1.75. The highest BCUT2D eigenvalue weighted by molar-refractivity contribution is 5.94. The molecule has 1 aromatic rings. The van der Waals surface area contributed by atoms with Gasteiger partial charge in [-0.25, -0.2) is 0 Å². The Bertz CT molecular complexity index is 466. The molecule has 0 saturated carbocycles. The second-order valence-electron chi connectivity index (χ2n) is 4.81. The van der Waals surface area contributed by atoms with Gasteiger partial charge in [0, 0.05) is 30.9 Å². The fourth-order valence-corrected chi connectivity index (χ4v) is 1.75. The molecule has 0 aliphatic carbocycles. The predicted octanol–water partition coefficient (Wildman–Crippen LogP) is 0.638. The average molecular weight is 252 g/mol. The summed E-state index contributed by atoms with van der Waals surface area (Å²) in [7, 11) is 1.60. The van der Waals surface area contributed by atoms with Crippen LogP contribution in [0.1, 0.15) is 29.9 Å². The highest BCUT2D eigenvalue weighted by atomic mass is 16.3. The first-order valence-corrected chi connectivity index (χ1v) is 6.03. The van der Waals surface area contributed by atoms with Crippen molar-refractivity contribution in [3.63, 3.8) is 0 Å². The largest absolute Gasteiger partial charge is 0.395 e. The van der Waals surface area contributed by atoms with Crippen molar-refractivity contribution < 1.29 is 9.90 Å². The van der Waals surface area contributed by atoms with Gasteiger partial charge in [0.1, 0.15) is 0 Å². The van der Waals surface area contributed by atoms with E-state index in [1.165, 1.54) is 11.0 Å². The monoisotopic (exact) mass is 252 g/mol.